The molecule has 1 aliphatic rings. The zero-order chi connectivity index (χ0) is 21.9. The number of carbonyl (C=O) groups is 1. The summed E-state index contributed by atoms with van der Waals surface area (Å²) in [4.78, 5) is 27.0. The van der Waals surface area contributed by atoms with Gasteiger partial charge in [-0.25, -0.2) is 15.0 Å². The highest BCUT2D eigenvalue weighted by molar-refractivity contribution is 6.00. The van der Waals surface area contributed by atoms with Crippen LogP contribution in [0.1, 0.15) is 27.7 Å². The molecule has 1 amide bonds. The number of benzene rings is 1. The number of alkyl halides is 3. The summed E-state index contributed by atoms with van der Waals surface area (Å²) in [5.41, 5.74) is 6.96. The fourth-order valence-electron chi connectivity index (χ4n) is 3.73. The number of nitrogen functional groups attached to an aromatic ring is 1. The van der Waals surface area contributed by atoms with E-state index < -0.39 is 23.7 Å². The normalized spacial score (nSPS) is 15.8. The molecule has 1 atom stereocenters. The van der Waals surface area contributed by atoms with Crippen molar-refractivity contribution in [2.45, 2.75) is 12.2 Å². The second-order valence-electron chi connectivity index (χ2n) is 7.20. The summed E-state index contributed by atoms with van der Waals surface area (Å²) in [5, 5.41) is 0.649. The van der Waals surface area contributed by atoms with E-state index in [1.54, 1.807) is 23.7 Å². The number of fused-ring (bicyclic) bond motifs is 4. The van der Waals surface area contributed by atoms with Gasteiger partial charge in [0.05, 0.1) is 35.0 Å². The maximum absolute atomic E-state index is 13.1. The molecule has 4 heterocycles. The van der Waals surface area contributed by atoms with Gasteiger partial charge in [-0.05, 0) is 18.2 Å². The number of hydrogen-bond acceptors (Lipinski definition) is 6. The highest BCUT2D eigenvalue weighted by Crippen LogP contribution is 2.40. The molecule has 31 heavy (non-hydrogen) atoms. The van der Waals surface area contributed by atoms with Crippen LogP contribution in [-0.2, 0) is 6.18 Å². The van der Waals surface area contributed by atoms with E-state index in [1.807, 2.05) is 0 Å². The van der Waals surface area contributed by atoms with Crippen molar-refractivity contribution in [2.75, 3.05) is 19.4 Å². The summed E-state index contributed by atoms with van der Waals surface area (Å²) < 4.78 is 45.9. The first kappa shape index (κ1) is 19.1. The molecule has 2 N–H and O–H groups in total. The van der Waals surface area contributed by atoms with Crippen molar-refractivity contribution in [3.8, 4) is 5.75 Å². The van der Waals surface area contributed by atoms with Gasteiger partial charge in [-0.1, -0.05) is 6.07 Å². The highest BCUT2D eigenvalue weighted by Gasteiger charge is 2.36. The Kier molecular flexibility index (Phi) is 4.04. The molecule has 0 saturated heterocycles. The lowest BCUT2D eigenvalue weighted by Gasteiger charge is -2.23. The second kappa shape index (κ2) is 6.56. The van der Waals surface area contributed by atoms with Crippen molar-refractivity contribution >= 4 is 28.3 Å². The van der Waals surface area contributed by atoms with Gasteiger partial charge < -0.3 is 15.4 Å². The van der Waals surface area contributed by atoms with Crippen LogP contribution < -0.4 is 10.5 Å². The van der Waals surface area contributed by atoms with Crippen molar-refractivity contribution in [3.63, 3.8) is 0 Å². The van der Waals surface area contributed by atoms with E-state index in [0.29, 0.717) is 22.0 Å². The van der Waals surface area contributed by atoms with Gasteiger partial charge >= 0.3 is 6.18 Å². The van der Waals surface area contributed by atoms with E-state index in [0.717, 1.165) is 12.1 Å². The summed E-state index contributed by atoms with van der Waals surface area (Å²) in [7, 11) is 1.56. The first-order valence-corrected chi connectivity index (χ1v) is 9.22. The van der Waals surface area contributed by atoms with Crippen LogP contribution in [0.3, 0.4) is 0 Å². The number of likely N-dealkylation sites (N-methyl/N-ethyl adjacent to an activating group) is 1. The number of amides is 1. The summed E-state index contributed by atoms with van der Waals surface area (Å²) >= 11 is 0. The average Bonchev–Trinajstić information content (AvgIpc) is 3.39. The third-order valence-corrected chi connectivity index (χ3v) is 5.38. The van der Waals surface area contributed by atoms with Crippen molar-refractivity contribution in [1.29, 1.82) is 0 Å². The van der Waals surface area contributed by atoms with Crippen molar-refractivity contribution in [3.05, 3.63) is 59.8 Å². The van der Waals surface area contributed by atoms with E-state index in [9.17, 15) is 18.0 Å². The molecule has 11 heteroatoms. The molecule has 0 aliphatic carbocycles. The van der Waals surface area contributed by atoms with Gasteiger partial charge in [0.2, 0.25) is 5.95 Å². The van der Waals surface area contributed by atoms with Crippen molar-refractivity contribution < 1.29 is 22.7 Å². The number of nitrogens with two attached hydrogens (primary N) is 1. The molecule has 0 fully saturated rings. The van der Waals surface area contributed by atoms with Crippen LogP contribution in [0.25, 0.3) is 16.4 Å². The van der Waals surface area contributed by atoms with Crippen LogP contribution in [0, 0.1) is 0 Å². The van der Waals surface area contributed by atoms with E-state index in [1.165, 1.54) is 23.5 Å². The fourth-order valence-corrected chi connectivity index (χ4v) is 3.73. The van der Waals surface area contributed by atoms with Crippen molar-refractivity contribution in [2.24, 2.45) is 0 Å². The molecule has 0 saturated carbocycles. The molecule has 3 aromatic heterocycles. The predicted molar refractivity (Wildman–Crippen MR) is 104 cm³/mol. The maximum Gasteiger partial charge on any atom is 0.416 e. The van der Waals surface area contributed by atoms with E-state index >= 15 is 0 Å². The van der Waals surface area contributed by atoms with Crippen LogP contribution >= 0.6 is 0 Å². The third kappa shape index (κ3) is 3.00. The first-order valence-electron chi connectivity index (χ1n) is 9.22. The van der Waals surface area contributed by atoms with Gasteiger partial charge in [0.25, 0.3) is 5.91 Å². The monoisotopic (exact) mass is 428 g/mol. The Balaban J connectivity index is 1.49. The van der Waals surface area contributed by atoms with Crippen LogP contribution in [0.2, 0.25) is 0 Å². The van der Waals surface area contributed by atoms with Gasteiger partial charge in [-0.15, -0.1) is 0 Å². The Morgan fingerprint density at radius 1 is 1.29 bits per heavy atom. The largest absolute Gasteiger partial charge is 0.491 e. The predicted octanol–water partition coefficient (Wildman–Crippen LogP) is 3.08. The van der Waals surface area contributed by atoms with Gasteiger partial charge in [0, 0.05) is 18.0 Å². The Morgan fingerprint density at radius 2 is 2.10 bits per heavy atom. The number of rotatable bonds is 2. The summed E-state index contributed by atoms with van der Waals surface area (Å²) in [5.74, 6) is -0.0414. The number of hydrogen-bond donors (Lipinski definition) is 1. The Hall–Kier alpha value is -3.89. The zero-order valence-electron chi connectivity index (χ0n) is 16.1. The quantitative estimate of drug-likeness (QED) is 0.527. The number of anilines is 1. The number of ether oxygens (including phenoxy) is 1. The van der Waals surface area contributed by atoms with Gasteiger partial charge in [-0.2, -0.15) is 13.2 Å². The van der Waals surface area contributed by atoms with Crippen LogP contribution in [-0.4, -0.2) is 43.8 Å². The van der Waals surface area contributed by atoms with Crippen molar-refractivity contribution in [1.82, 2.24) is 24.3 Å². The average molecular weight is 428 g/mol. The van der Waals surface area contributed by atoms with Crippen LogP contribution in [0.15, 0.2) is 43.0 Å². The number of nitrogens with zero attached hydrogens (tertiary/aromatic N) is 5. The van der Waals surface area contributed by atoms with Gasteiger partial charge in [-0.3, -0.25) is 9.20 Å². The molecular weight excluding hydrogens is 413 g/mol. The number of pyridine rings is 1. The summed E-state index contributed by atoms with van der Waals surface area (Å²) in [6, 6.07) is 4.34. The minimum absolute atomic E-state index is 0.0530. The molecule has 158 valence electrons. The molecular formula is C20H15F3N6O2. The minimum Gasteiger partial charge on any atom is -0.491 e. The topological polar surface area (TPSA) is 98.6 Å². The standard InChI is InChI=1S/C20H15F3N6O2/c1-28(16-8-31-17-4-10(20(21,22)23)2-3-11(16)17)18(30)13-5-12-14(6-26-13)27-19(24)29-9-25-7-15(12)29/h2-7,9,16H,8H2,1H3,(H2,24,27)/t16-/m1/s1. The smallest absolute Gasteiger partial charge is 0.416 e. The molecule has 0 bridgehead atoms. The molecule has 5 rings (SSSR count). The number of halogens is 3. The first-order chi connectivity index (χ1) is 14.7. The molecule has 0 unspecified atom stereocenters. The lowest BCUT2D eigenvalue weighted by Crippen LogP contribution is -2.32. The number of carbonyl (C=O) groups excluding carboxylic acids is 1. The fraction of sp³-hybridized carbons (Fsp3) is 0.200. The van der Waals surface area contributed by atoms with E-state index in [2.05, 4.69) is 15.0 Å². The third-order valence-electron chi connectivity index (χ3n) is 5.38. The van der Waals surface area contributed by atoms with Gasteiger partial charge in [0.15, 0.2) is 0 Å². The molecule has 4 aromatic rings. The van der Waals surface area contributed by atoms with Crippen LogP contribution in [0.5, 0.6) is 5.75 Å². The highest BCUT2D eigenvalue weighted by atomic mass is 19.4. The lowest BCUT2D eigenvalue weighted by molar-refractivity contribution is -0.137. The molecule has 8 nitrogen and oxygen atoms in total. The maximum atomic E-state index is 13.1. The lowest BCUT2D eigenvalue weighted by atomic mass is 10.0. The zero-order valence-corrected chi connectivity index (χ0v) is 16.1. The SMILES string of the molecule is CN(C(=O)c1cc2c(cn1)nc(N)n1cncc21)[C@@H]1COc2cc(C(F)(F)F)ccc21. The van der Waals surface area contributed by atoms with Crippen LogP contribution in [0.4, 0.5) is 19.1 Å². The van der Waals surface area contributed by atoms with E-state index in [-0.39, 0.29) is 24.0 Å². The van der Waals surface area contributed by atoms with E-state index in [4.69, 9.17) is 10.5 Å². The molecule has 0 spiro atoms. The molecule has 1 aromatic carbocycles. The Labute approximate surface area is 173 Å². The Bertz CT molecular complexity index is 1350. The number of aromatic nitrogens is 4. The number of imidazole rings is 1. The second-order valence-corrected chi connectivity index (χ2v) is 7.20. The summed E-state index contributed by atoms with van der Waals surface area (Å²) in [6.07, 6.45) is 0.114. The molecule has 1 aliphatic heterocycles. The van der Waals surface area contributed by atoms with Gasteiger partial charge in [0.1, 0.15) is 24.4 Å². The Morgan fingerprint density at radius 3 is 2.87 bits per heavy atom. The summed E-state index contributed by atoms with van der Waals surface area (Å²) in [6.45, 7) is 0.0530. The molecule has 0 radical (unpaired) electrons. The minimum atomic E-state index is -4.47.